The van der Waals surface area contributed by atoms with Crippen LogP contribution in [0.5, 0.6) is 5.75 Å². The zero-order valence-electron chi connectivity index (χ0n) is 11.2. The molecular formula is C14H15BrClN3O2. The summed E-state index contributed by atoms with van der Waals surface area (Å²) in [5, 5.41) is 3.41. The van der Waals surface area contributed by atoms with Gasteiger partial charge in [0.1, 0.15) is 11.6 Å². The molecule has 0 bridgehead atoms. The minimum Gasteiger partial charge on any atom is -0.483 e. The number of hydrogen-bond acceptors (Lipinski definition) is 3. The van der Waals surface area contributed by atoms with E-state index in [4.69, 9.17) is 16.3 Å². The Bertz CT molecular complexity index is 590. The summed E-state index contributed by atoms with van der Waals surface area (Å²) >= 11 is 9.17. The van der Waals surface area contributed by atoms with Crippen LogP contribution in [0.1, 0.15) is 12.2 Å². The highest BCUT2D eigenvalue weighted by atomic mass is 79.9. The maximum absolute atomic E-state index is 11.7. The van der Waals surface area contributed by atoms with Crippen molar-refractivity contribution in [2.75, 3.05) is 13.2 Å². The second kappa shape index (κ2) is 8.05. The Morgan fingerprint density at radius 1 is 1.48 bits per heavy atom. The number of imidazole rings is 1. The van der Waals surface area contributed by atoms with Gasteiger partial charge in [0.15, 0.2) is 6.61 Å². The maximum Gasteiger partial charge on any atom is 0.257 e. The van der Waals surface area contributed by atoms with Gasteiger partial charge in [-0.1, -0.05) is 11.6 Å². The van der Waals surface area contributed by atoms with Crippen molar-refractivity contribution in [3.63, 3.8) is 0 Å². The first-order chi connectivity index (χ1) is 10.1. The Morgan fingerprint density at radius 2 is 2.33 bits per heavy atom. The van der Waals surface area contributed by atoms with E-state index >= 15 is 0 Å². The predicted octanol–water partition coefficient (Wildman–Crippen LogP) is 2.95. The van der Waals surface area contributed by atoms with Gasteiger partial charge in [-0.05, 0) is 40.5 Å². The number of aromatic nitrogens is 2. The van der Waals surface area contributed by atoms with E-state index in [1.807, 2.05) is 0 Å². The lowest BCUT2D eigenvalue weighted by molar-refractivity contribution is -0.123. The molecule has 0 atom stereocenters. The van der Waals surface area contributed by atoms with Gasteiger partial charge in [-0.3, -0.25) is 4.79 Å². The molecule has 5 nitrogen and oxygen atoms in total. The highest BCUT2D eigenvalue weighted by Gasteiger charge is 2.06. The van der Waals surface area contributed by atoms with Gasteiger partial charge in [-0.15, -0.1) is 0 Å². The first-order valence-corrected chi connectivity index (χ1v) is 7.65. The monoisotopic (exact) mass is 371 g/mol. The van der Waals surface area contributed by atoms with Crippen molar-refractivity contribution in [1.82, 2.24) is 15.3 Å². The number of aromatic amines is 1. The number of ether oxygens (including phenoxy) is 1. The highest BCUT2D eigenvalue weighted by molar-refractivity contribution is 9.10. The molecule has 0 aliphatic carbocycles. The third-order valence-corrected chi connectivity index (χ3v) is 3.57. The Balaban J connectivity index is 1.65. The molecule has 2 N–H and O–H groups in total. The molecule has 2 rings (SSSR count). The van der Waals surface area contributed by atoms with Crippen LogP contribution < -0.4 is 10.1 Å². The van der Waals surface area contributed by atoms with Crippen molar-refractivity contribution < 1.29 is 9.53 Å². The summed E-state index contributed by atoms with van der Waals surface area (Å²) in [6.07, 6.45) is 5.12. The zero-order chi connectivity index (χ0) is 15.1. The van der Waals surface area contributed by atoms with Crippen LogP contribution in [-0.4, -0.2) is 29.0 Å². The van der Waals surface area contributed by atoms with Crippen molar-refractivity contribution in [2.24, 2.45) is 0 Å². The van der Waals surface area contributed by atoms with E-state index in [0.29, 0.717) is 17.3 Å². The molecule has 0 aliphatic rings. The Morgan fingerprint density at radius 3 is 3.05 bits per heavy atom. The fourth-order valence-electron chi connectivity index (χ4n) is 1.70. The number of H-pyrrole nitrogens is 1. The number of nitrogens with zero attached hydrogens (tertiary/aromatic N) is 1. The number of benzene rings is 1. The van der Waals surface area contributed by atoms with E-state index in [1.54, 1.807) is 30.6 Å². The molecule has 1 amide bonds. The first-order valence-electron chi connectivity index (χ1n) is 6.48. The van der Waals surface area contributed by atoms with E-state index in [9.17, 15) is 4.79 Å². The predicted molar refractivity (Wildman–Crippen MR) is 84.6 cm³/mol. The largest absolute Gasteiger partial charge is 0.483 e. The van der Waals surface area contributed by atoms with E-state index in [2.05, 4.69) is 31.2 Å². The summed E-state index contributed by atoms with van der Waals surface area (Å²) in [5.41, 5.74) is 0. The van der Waals surface area contributed by atoms with Gasteiger partial charge in [0.2, 0.25) is 0 Å². The molecule has 0 aliphatic heterocycles. The molecule has 0 radical (unpaired) electrons. The SMILES string of the molecule is O=C(COc1ccc(Cl)cc1Br)NCCCc1ncc[nH]1. The standard InChI is InChI=1S/C14H15BrClN3O2/c15-11-8-10(16)3-4-12(11)21-9-14(20)19-5-1-2-13-17-6-7-18-13/h3-4,6-8H,1-2,5,9H2,(H,17,18)(H,19,20). The normalized spacial score (nSPS) is 10.4. The van der Waals surface area contributed by atoms with Crippen LogP contribution in [0.3, 0.4) is 0 Å². The van der Waals surface area contributed by atoms with E-state index < -0.39 is 0 Å². The number of hydrogen-bond donors (Lipinski definition) is 2. The Kier molecular flexibility index (Phi) is 6.07. The average molecular weight is 373 g/mol. The number of nitrogens with one attached hydrogen (secondary N) is 2. The van der Waals surface area contributed by atoms with Gasteiger partial charge < -0.3 is 15.0 Å². The lowest BCUT2D eigenvalue weighted by atomic mass is 10.3. The molecule has 1 heterocycles. The highest BCUT2D eigenvalue weighted by Crippen LogP contribution is 2.27. The third-order valence-electron chi connectivity index (χ3n) is 2.72. The third kappa shape index (κ3) is 5.40. The second-order valence-electron chi connectivity index (χ2n) is 4.35. The lowest BCUT2D eigenvalue weighted by Crippen LogP contribution is -2.30. The number of rotatable bonds is 7. The lowest BCUT2D eigenvalue weighted by Gasteiger charge is -2.09. The van der Waals surface area contributed by atoms with Gasteiger partial charge in [0.25, 0.3) is 5.91 Å². The molecule has 0 fully saturated rings. The van der Waals surface area contributed by atoms with Gasteiger partial charge >= 0.3 is 0 Å². The summed E-state index contributed by atoms with van der Waals surface area (Å²) in [4.78, 5) is 18.8. The molecule has 1 aromatic carbocycles. The van der Waals surface area contributed by atoms with Crippen LogP contribution in [0.2, 0.25) is 5.02 Å². The smallest absolute Gasteiger partial charge is 0.257 e. The quantitative estimate of drug-likeness (QED) is 0.734. The van der Waals surface area contributed by atoms with Crippen molar-refractivity contribution >= 4 is 33.4 Å². The van der Waals surface area contributed by atoms with Gasteiger partial charge in [0.05, 0.1) is 4.47 Å². The average Bonchev–Trinajstić information content (AvgIpc) is 2.96. The number of aryl methyl sites for hydroxylation is 1. The van der Waals surface area contributed by atoms with Gasteiger partial charge in [-0.2, -0.15) is 0 Å². The first kappa shape index (κ1) is 15.9. The molecule has 7 heteroatoms. The number of carbonyl (C=O) groups is 1. The summed E-state index contributed by atoms with van der Waals surface area (Å²) in [7, 11) is 0. The molecule has 1 aromatic heterocycles. The molecule has 0 saturated heterocycles. The summed E-state index contributed by atoms with van der Waals surface area (Å²) in [5.74, 6) is 1.35. The van der Waals surface area contributed by atoms with E-state index in [-0.39, 0.29) is 12.5 Å². The van der Waals surface area contributed by atoms with Crippen LogP contribution in [-0.2, 0) is 11.2 Å². The molecular weight excluding hydrogens is 358 g/mol. The van der Waals surface area contributed by atoms with Crippen LogP contribution in [0.4, 0.5) is 0 Å². The number of amides is 1. The minimum atomic E-state index is -0.156. The summed E-state index contributed by atoms with van der Waals surface area (Å²) < 4.78 is 6.14. The molecule has 0 unspecified atom stereocenters. The van der Waals surface area contributed by atoms with Crippen LogP contribution >= 0.6 is 27.5 Å². The molecule has 0 saturated carbocycles. The van der Waals surface area contributed by atoms with Crippen LogP contribution in [0.15, 0.2) is 35.1 Å². The second-order valence-corrected chi connectivity index (χ2v) is 5.64. The van der Waals surface area contributed by atoms with Crippen LogP contribution in [0.25, 0.3) is 0 Å². The van der Waals surface area contributed by atoms with E-state index in [1.165, 1.54) is 0 Å². The summed E-state index contributed by atoms with van der Waals surface area (Å²) in [6.45, 7) is 0.561. The topological polar surface area (TPSA) is 67.0 Å². The fourth-order valence-corrected chi connectivity index (χ4v) is 2.50. The van der Waals surface area contributed by atoms with Crippen LogP contribution in [0, 0.1) is 0 Å². The Hall–Kier alpha value is -1.53. The van der Waals surface area contributed by atoms with Gasteiger partial charge in [0, 0.05) is 30.4 Å². The Labute approximate surface area is 136 Å². The van der Waals surface area contributed by atoms with E-state index in [0.717, 1.165) is 23.1 Å². The summed E-state index contributed by atoms with van der Waals surface area (Å²) in [6, 6.07) is 5.15. The minimum absolute atomic E-state index is 0.0268. The molecule has 112 valence electrons. The molecule has 2 aromatic rings. The number of halogens is 2. The van der Waals surface area contributed by atoms with Crippen molar-refractivity contribution in [3.8, 4) is 5.75 Å². The van der Waals surface area contributed by atoms with Gasteiger partial charge in [-0.25, -0.2) is 4.98 Å². The van der Waals surface area contributed by atoms with Crippen molar-refractivity contribution in [1.29, 1.82) is 0 Å². The number of carbonyl (C=O) groups excluding carboxylic acids is 1. The fraction of sp³-hybridized carbons (Fsp3) is 0.286. The van der Waals surface area contributed by atoms with Crippen molar-refractivity contribution in [3.05, 3.63) is 45.9 Å². The molecule has 21 heavy (non-hydrogen) atoms. The zero-order valence-corrected chi connectivity index (χ0v) is 13.6. The van der Waals surface area contributed by atoms with Crippen molar-refractivity contribution in [2.45, 2.75) is 12.8 Å². The molecule has 0 spiro atoms. The maximum atomic E-state index is 11.7.